The number of nitrogens with two attached hydrogens (primary N) is 1. The van der Waals surface area contributed by atoms with Gasteiger partial charge in [-0.25, -0.2) is 32.7 Å². The summed E-state index contributed by atoms with van der Waals surface area (Å²) in [6.07, 6.45) is 2.93. The van der Waals surface area contributed by atoms with Gasteiger partial charge in [0.15, 0.2) is 0 Å². The molecule has 0 spiro atoms. The molecule has 3 aromatic rings. The van der Waals surface area contributed by atoms with Crippen LogP contribution in [0.1, 0.15) is 17.0 Å². The van der Waals surface area contributed by atoms with Gasteiger partial charge in [0.1, 0.15) is 11.5 Å². The Kier molecular flexibility index (Phi) is 7.83. The van der Waals surface area contributed by atoms with Crippen LogP contribution < -0.4 is 15.4 Å². The second-order valence-corrected chi connectivity index (χ2v) is 10.2. The van der Waals surface area contributed by atoms with Gasteiger partial charge in [0, 0.05) is 18.1 Å². The SMILES string of the molecule is COC(=O)C1=C(C(=O)OC)N(c2ccc(S(=O)(=O)Nc3ncc(C)cn3)cc2)C(N)=C(C#N)C1c1ccccc1. The Balaban J connectivity index is 1.85. The van der Waals surface area contributed by atoms with Gasteiger partial charge in [-0.1, -0.05) is 30.3 Å². The summed E-state index contributed by atoms with van der Waals surface area (Å²) in [6.45, 7) is 1.76. The molecule has 0 amide bonds. The normalized spacial score (nSPS) is 15.3. The molecule has 4 rings (SSSR count). The van der Waals surface area contributed by atoms with Crippen LogP contribution in [0.2, 0.25) is 0 Å². The van der Waals surface area contributed by atoms with Gasteiger partial charge in [-0.3, -0.25) is 4.90 Å². The predicted molar refractivity (Wildman–Crippen MR) is 144 cm³/mol. The second-order valence-electron chi connectivity index (χ2n) is 8.52. The molecule has 0 saturated carbocycles. The zero-order valence-corrected chi connectivity index (χ0v) is 22.5. The number of ether oxygens (including phenoxy) is 2. The third kappa shape index (κ3) is 5.20. The first-order chi connectivity index (χ1) is 19.1. The van der Waals surface area contributed by atoms with Crippen LogP contribution in [-0.2, 0) is 29.1 Å². The number of benzene rings is 2. The lowest BCUT2D eigenvalue weighted by molar-refractivity contribution is -0.139. The van der Waals surface area contributed by atoms with E-state index in [0.29, 0.717) is 5.56 Å². The van der Waals surface area contributed by atoms with Crippen LogP contribution in [0.15, 0.2) is 94.6 Å². The van der Waals surface area contributed by atoms with E-state index >= 15 is 0 Å². The molecule has 0 saturated heterocycles. The number of rotatable bonds is 7. The van der Waals surface area contributed by atoms with E-state index in [4.69, 9.17) is 15.2 Å². The van der Waals surface area contributed by atoms with Gasteiger partial charge in [0.2, 0.25) is 5.95 Å². The maximum atomic E-state index is 13.1. The summed E-state index contributed by atoms with van der Waals surface area (Å²) in [5, 5.41) is 10.1. The Morgan fingerprint density at radius 1 is 1.00 bits per heavy atom. The van der Waals surface area contributed by atoms with E-state index < -0.39 is 27.9 Å². The number of nitrogens with one attached hydrogen (secondary N) is 1. The number of hydrogen-bond acceptors (Lipinski definition) is 11. The second kappa shape index (κ2) is 11.3. The number of carbonyl (C=O) groups excluding carboxylic acids is 2. The van der Waals surface area contributed by atoms with E-state index in [1.807, 2.05) is 0 Å². The van der Waals surface area contributed by atoms with Crippen molar-refractivity contribution in [2.75, 3.05) is 23.8 Å². The Hall–Kier alpha value is -5.22. The molecule has 1 atom stereocenters. The Morgan fingerprint density at radius 2 is 1.60 bits per heavy atom. The van der Waals surface area contributed by atoms with Crippen LogP contribution in [0.25, 0.3) is 0 Å². The van der Waals surface area contributed by atoms with Crippen LogP contribution in [-0.4, -0.2) is 44.5 Å². The van der Waals surface area contributed by atoms with E-state index in [-0.39, 0.29) is 39.2 Å². The van der Waals surface area contributed by atoms with Crippen LogP contribution in [0, 0.1) is 18.3 Å². The summed E-state index contributed by atoms with van der Waals surface area (Å²) in [7, 11) is -1.80. The quantitative estimate of drug-likeness (QED) is 0.406. The van der Waals surface area contributed by atoms with Crippen molar-refractivity contribution < 1.29 is 27.5 Å². The van der Waals surface area contributed by atoms with E-state index in [9.17, 15) is 23.3 Å². The Morgan fingerprint density at radius 3 is 2.15 bits per heavy atom. The number of carbonyl (C=O) groups is 2. The molecule has 1 unspecified atom stereocenters. The molecule has 13 heteroatoms. The first-order valence-electron chi connectivity index (χ1n) is 11.7. The molecule has 2 aromatic carbocycles. The van der Waals surface area contributed by atoms with Gasteiger partial charge in [0.25, 0.3) is 10.0 Å². The summed E-state index contributed by atoms with van der Waals surface area (Å²) in [4.78, 5) is 35.2. The Bertz CT molecular complexity index is 1660. The van der Waals surface area contributed by atoms with Crippen LogP contribution in [0.4, 0.5) is 11.6 Å². The number of methoxy groups -OCH3 is 2. The number of aryl methyl sites for hydroxylation is 1. The minimum absolute atomic E-state index is 0.0193. The standard InChI is InChI=1S/C27H24N6O6S/c1-16-14-30-27(31-15-16)32-40(36,37)19-11-9-18(10-12-19)33-23(26(35)39-3)22(25(34)38-2)21(20(13-28)24(33)29)17-7-5-4-6-8-17/h4-12,14-15,21H,29H2,1-3H3,(H,30,31,32). The fourth-order valence-corrected chi connectivity index (χ4v) is 5.14. The summed E-state index contributed by atoms with van der Waals surface area (Å²) < 4.78 is 38.1. The lowest BCUT2D eigenvalue weighted by Crippen LogP contribution is -2.40. The van der Waals surface area contributed by atoms with Crippen molar-refractivity contribution in [3.63, 3.8) is 0 Å². The van der Waals surface area contributed by atoms with Crippen molar-refractivity contribution in [3.05, 3.63) is 101 Å². The molecule has 204 valence electrons. The zero-order chi connectivity index (χ0) is 29.0. The van der Waals surface area contributed by atoms with Gasteiger partial charge in [-0.2, -0.15) is 5.26 Å². The van der Waals surface area contributed by atoms with Gasteiger partial charge in [-0.05, 0) is 42.3 Å². The lowest BCUT2D eigenvalue weighted by atomic mass is 9.81. The highest BCUT2D eigenvalue weighted by Crippen LogP contribution is 2.43. The van der Waals surface area contributed by atoms with Gasteiger partial charge in [0.05, 0.1) is 42.2 Å². The van der Waals surface area contributed by atoms with Crippen molar-refractivity contribution in [1.29, 1.82) is 5.26 Å². The topological polar surface area (TPSA) is 178 Å². The molecule has 3 N–H and O–H groups in total. The molecule has 0 aliphatic carbocycles. The van der Waals surface area contributed by atoms with Crippen molar-refractivity contribution in [3.8, 4) is 6.07 Å². The van der Waals surface area contributed by atoms with E-state index in [2.05, 4.69) is 20.8 Å². The maximum Gasteiger partial charge on any atom is 0.355 e. The summed E-state index contributed by atoms with van der Waals surface area (Å²) in [5.41, 5.74) is 7.46. The highest BCUT2D eigenvalue weighted by molar-refractivity contribution is 7.92. The van der Waals surface area contributed by atoms with Crippen molar-refractivity contribution in [2.45, 2.75) is 17.7 Å². The predicted octanol–water partition coefficient (Wildman–Crippen LogP) is 2.48. The van der Waals surface area contributed by atoms with Gasteiger partial charge in [-0.15, -0.1) is 0 Å². The zero-order valence-electron chi connectivity index (χ0n) is 21.7. The fraction of sp³-hybridized carbons (Fsp3) is 0.148. The maximum absolute atomic E-state index is 13.1. The molecule has 0 radical (unpaired) electrons. The minimum Gasteiger partial charge on any atom is -0.466 e. The summed E-state index contributed by atoms with van der Waals surface area (Å²) in [6, 6.07) is 15.9. The minimum atomic E-state index is -4.08. The number of nitriles is 1. The van der Waals surface area contributed by atoms with E-state index in [0.717, 1.165) is 19.8 Å². The number of anilines is 2. The van der Waals surface area contributed by atoms with Crippen LogP contribution in [0.3, 0.4) is 0 Å². The molecule has 1 aromatic heterocycles. The van der Waals surface area contributed by atoms with Crippen LogP contribution >= 0.6 is 0 Å². The number of sulfonamides is 1. The lowest BCUT2D eigenvalue weighted by Gasteiger charge is -2.35. The van der Waals surface area contributed by atoms with E-state index in [1.54, 1.807) is 37.3 Å². The number of hydrogen-bond donors (Lipinski definition) is 2. The molecular weight excluding hydrogens is 536 g/mol. The highest BCUT2D eigenvalue weighted by Gasteiger charge is 2.43. The number of allylic oxidation sites excluding steroid dienone is 1. The average molecular weight is 561 g/mol. The molecular formula is C27H24N6O6S. The van der Waals surface area contributed by atoms with Crippen molar-refractivity contribution in [1.82, 2.24) is 9.97 Å². The first kappa shape index (κ1) is 27.8. The van der Waals surface area contributed by atoms with Crippen LogP contribution in [0.5, 0.6) is 0 Å². The molecule has 1 aliphatic rings. The molecule has 0 fully saturated rings. The summed E-state index contributed by atoms with van der Waals surface area (Å²) >= 11 is 0. The monoisotopic (exact) mass is 560 g/mol. The van der Waals surface area contributed by atoms with Crippen molar-refractivity contribution >= 4 is 33.6 Å². The highest BCUT2D eigenvalue weighted by atomic mass is 32.2. The van der Waals surface area contributed by atoms with Gasteiger partial charge >= 0.3 is 11.9 Å². The first-order valence-corrected chi connectivity index (χ1v) is 13.2. The third-order valence-electron chi connectivity index (χ3n) is 6.02. The summed E-state index contributed by atoms with van der Waals surface area (Å²) in [5.74, 6) is -3.08. The fourth-order valence-electron chi connectivity index (χ4n) is 4.18. The molecule has 40 heavy (non-hydrogen) atoms. The third-order valence-corrected chi connectivity index (χ3v) is 7.37. The number of aromatic nitrogens is 2. The smallest absolute Gasteiger partial charge is 0.355 e. The number of nitrogens with zero attached hydrogens (tertiary/aromatic N) is 4. The largest absolute Gasteiger partial charge is 0.466 e. The molecule has 1 aliphatic heterocycles. The van der Waals surface area contributed by atoms with Crippen molar-refractivity contribution in [2.24, 2.45) is 5.73 Å². The molecule has 12 nitrogen and oxygen atoms in total. The average Bonchev–Trinajstić information content (AvgIpc) is 2.97. The Labute approximate surface area is 230 Å². The van der Waals surface area contributed by atoms with Gasteiger partial charge < -0.3 is 15.2 Å². The number of esters is 2. The van der Waals surface area contributed by atoms with E-state index in [1.165, 1.54) is 41.6 Å². The molecule has 2 heterocycles. The molecule has 0 bridgehead atoms.